The lowest BCUT2D eigenvalue weighted by atomic mass is 10.0. The molecule has 1 aliphatic rings. The van der Waals surface area contributed by atoms with Gasteiger partial charge in [-0.05, 0) is 48.7 Å². The summed E-state index contributed by atoms with van der Waals surface area (Å²) in [7, 11) is 0. The van der Waals surface area contributed by atoms with Crippen LogP contribution in [0.4, 0.5) is 0 Å². The van der Waals surface area contributed by atoms with Gasteiger partial charge in [0.1, 0.15) is 0 Å². The van der Waals surface area contributed by atoms with Gasteiger partial charge in [0, 0.05) is 10.6 Å². The second-order valence-electron chi connectivity index (χ2n) is 5.68. The Bertz CT molecular complexity index is 850. The molecule has 4 nitrogen and oxygen atoms in total. The first-order chi connectivity index (χ1) is 10.7. The first kappa shape index (κ1) is 13.3. The van der Waals surface area contributed by atoms with Crippen molar-refractivity contribution in [2.75, 3.05) is 0 Å². The summed E-state index contributed by atoms with van der Waals surface area (Å²) in [6.07, 6.45) is 3.53. The van der Waals surface area contributed by atoms with E-state index in [1.807, 2.05) is 36.4 Å². The van der Waals surface area contributed by atoms with Gasteiger partial charge in [0.25, 0.3) is 5.91 Å². The van der Waals surface area contributed by atoms with Crippen molar-refractivity contribution in [2.24, 2.45) is 0 Å². The maximum atomic E-state index is 12.5. The highest BCUT2D eigenvalue weighted by Crippen LogP contribution is 2.45. The number of benzene rings is 2. The SMILES string of the molecule is O=C(NC1(c2ccc(Cl)cc2)CC1)c1ccc2nc[nH]c2c1. The van der Waals surface area contributed by atoms with Crippen molar-refractivity contribution in [1.82, 2.24) is 15.3 Å². The third kappa shape index (κ3) is 2.25. The van der Waals surface area contributed by atoms with Gasteiger partial charge in [-0.3, -0.25) is 4.79 Å². The number of carbonyl (C=O) groups is 1. The van der Waals surface area contributed by atoms with Crippen LogP contribution in [0.2, 0.25) is 5.02 Å². The van der Waals surface area contributed by atoms with Crippen LogP contribution < -0.4 is 5.32 Å². The molecule has 1 aromatic heterocycles. The fraction of sp³-hybridized carbons (Fsp3) is 0.176. The molecule has 0 bridgehead atoms. The van der Waals surface area contributed by atoms with E-state index in [-0.39, 0.29) is 11.4 Å². The second kappa shape index (κ2) is 4.85. The largest absolute Gasteiger partial charge is 0.345 e. The van der Waals surface area contributed by atoms with Crippen molar-refractivity contribution >= 4 is 28.5 Å². The Kier molecular flexibility index (Phi) is 2.94. The number of nitrogens with one attached hydrogen (secondary N) is 2. The van der Waals surface area contributed by atoms with Crippen LogP contribution in [0, 0.1) is 0 Å². The molecule has 0 spiro atoms. The lowest BCUT2D eigenvalue weighted by Gasteiger charge is -2.18. The minimum Gasteiger partial charge on any atom is -0.345 e. The Hall–Kier alpha value is -2.33. The van der Waals surface area contributed by atoms with Crippen molar-refractivity contribution in [3.05, 3.63) is 64.9 Å². The van der Waals surface area contributed by atoms with Crippen molar-refractivity contribution in [3.63, 3.8) is 0 Å². The van der Waals surface area contributed by atoms with Gasteiger partial charge in [0.05, 0.1) is 22.9 Å². The molecule has 2 aromatic carbocycles. The molecule has 0 unspecified atom stereocenters. The number of amides is 1. The second-order valence-corrected chi connectivity index (χ2v) is 6.11. The van der Waals surface area contributed by atoms with Gasteiger partial charge in [0.15, 0.2) is 0 Å². The average Bonchev–Trinajstić information content (AvgIpc) is 3.14. The molecule has 0 saturated heterocycles. The smallest absolute Gasteiger partial charge is 0.252 e. The molecule has 1 amide bonds. The lowest BCUT2D eigenvalue weighted by Crippen LogP contribution is -2.34. The summed E-state index contributed by atoms with van der Waals surface area (Å²) in [5, 5.41) is 3.86. The van der Waals surface area contributed by atoms with Crippen LogP contribution in [0.3, 0.4) is 0 Å². The first-order valence-electron chi connectivity index (χ1n) is 7.18. The summed E-state index contributed by atoms with van der Waals surface area (Å²) in [6, 6.07) is 13.2. The van der Waals surface area contributed by atoms with Gasteiger partial charge >= 0.3 is 0 Å². The van der Waals surface area contributed by atoms with Crippen LogP contribution in [0.5, 0.6) is 0 Å². The molecule has 4 rings (SSSR count). The number of halogens is 1. The van der Waals surface area contributed by atoms with Gasteiger partial charge in [-0.1, -0.05) is 23.7 Å². The molecule has 1 saturated carbocycles. The summed E-state index contributed by atoms with van der Waals surface area (Å²) in [4.78, 5) is 19.7. The number of carbonyl (C=O) groups excluding carboxylic acids is 1. The van der Waals surface area contributed by atoms with E-state index >= 15 is 0 Å². The van der Waals surface area contributed by atoms with Gasteiger partial charge in [0.2, 0.25) is 0 Å². The van der Waals surface area contributed by atoms with E-state index in [9.17, 15) is 4.79 Å². The van der Waals surface area contributed by atoms with E-state index in [0.717, 1.165) is 29.4 Å². The lowest BCUT2D eigenvalue weighted by molar-refractivity contribution is 0.0931. The Morgan fingerprint density at radius 1 is 1.18 bits per heavy atom. The van der Waals surface area contributed by atoms with Gasteiger partial charge in [-0.25, -0.2) is 4.98 Å². The summed E-state index contributed by atoms with van der Waals surface area (Å²) in [5.74, 6) is -0.0658. The molecule has 22 heavy (non-hydrogen) atoms. The monoisotopic (exact) mass is 311 g/mol. The Morgan fingerprint density at radius 2 is 1.95 bits per heavy atom. The van der Waals surface area contributed by atoms with E-state index in [4.69, 9.17) is 11.6 Å². The Morgan fingerprint density at radius 3 is 2.68 bits per heavy atom. The predicted molar refractivity (Wildman–Crippen MR) is 85.9 cm³/mol. The number of aromatic nitrogens is 2. The zero-order chi connectivity index (χ0) is 15.2. The van der Waals surface area contributed by atoms with Gasteiger partial charge in [-0.2, -0.15) is 0 Å². The number of H-pyrrole nitrogens is 1. The van der Waals surface area contributed by atoms with Crippen LogP contribution in [0.1, 0.15) is 28.8 Å². The third-order valence-corrected chi connectivity index (χ3v) is 4.43. The zero-order valence-corrected chi connectivity index (χ0v) is 12.5. The minimum absolute atomic E-state index is 0.0658. The Labute approximate surface area is 132 Å². The quantitative estimate of drug-likeness (QED) is 0.776. The highest BCUT2D eigenvalue weighted by Gasteiger charge is 2.45. The van der Waals surface area contributed by atoms with Crippen LogP contribution >= 0.6 is 11.6 Å². The topological polar surface area (TPSA) is 57.8 Å². The zero-order valence-electron chi connectivity index (χ0n) is 11.8. The Balaban J connectivity index is 1.59. The van der Waals surface area contributed by atoms with Crippen molar-refractivity contribution in [3.8, 4) is 0 Å². The molecule has 3 aromatic rings. The predicted octanol–water partition coefficient (Wildman–Crippen LogP) is 3.64. The highest BCUT2D eigenvalue weighted by atomic mass is 35.5. The summed E-state index contributed by atoms with van der Waals surface area (Å²) >= 11 is 5.93. The number of aromatic amines is 1. The number of hydrogen-bond donors (Lipinski definition) is 2. The fourth-order valence-corrected chi connectivity index (χ4v) is 2.87. The minimum atomic E-state index is -0.245. The average molecular weight is 312 g/mol. The summed E-state index contributed by atoms with van der Waals surface area (Å²) < 4.78 is 0. The summed E-state index contributed by atoms with van der Waals surface area (Å²) in [6.45, 7) is 0. The standard InChI is InChI=1S/C17H14ClN3O/c18-13-4-2-12(3-5-13)17(7-8-17)21-16(22)11-1-6-14-15(9-11)20-10-19-14/h1-6,9-10H,7-8H2,(H,19,20)(H,21,22). The first-order valence-corrected chi connectivity index (χ1v) is 7.56. The van der Waals surface area contributed by atoms with Crippen LogP contribution in [-0.2, 0) is 5.54 Å². The fourth-order valence-electron chi connectivity index (χ4n) is 2.75. The number of fused-ring (bicyclic) bond motifs is 1. The molecular formula is C17H14ClN3O. The molecule has 0 radical (unpaired) electrons. The van der Waals surface area contributed by atoms with E-state index in [1.165, 1.54) is 0 Å². The normalized spacial score (nSPS) is 15.7. The molecule has 1 fully saturated rings. The maximum absolute atomic E-state index is 12.5. The van der Waals surface area contributed by atoms with Crippen molar-refractivity contribution < 1.29 is 4.79 Å². The molecule has 0 atom stereocenters. The van der Waals surface area contributed by atoms with Crippen LogP contribution in [0.25, 0.3) is 11.0 Å². The highest BCUT2D eigenvalue weighted by molar-refractivity contribution is 6.30. The molecule has 110 valence electrons. The molecule has 1 heterocycles. The molecular weight excluding hydrogens is 298 g/mol. The third-order valence-electron chi connectivity index (χ3n) is 4.18. The maximum Gasteiger partial charge on any atom is 0.252 e. The van der Waals surface area contributed by atoms with Gasteiger partial charge < -0.3 is 10.3 Å². The van der Waals surface area contributed by atoms with Crippen molar-refractivity contribution in [1.29, 1.82) is 0 Å². The van der Waals surface area contributed by atoms with E-state index in [0.29, 0.717) is 10.6 Å². The van der Waals surface area contributed by atoms with E-state index in [2.05, 4.69) is 15.3 Å². The van der Waals surface area contributed by atoms with Crippen molar-refractivity contribution in [2.45, 2.75) is 18.4 Å². The number of hydrogen-bond acceptors (Lipinski definition) is 2. The number of nitrogens with zero attached hydrogens (tertiary/aromatic N) is 1. The van der Waals surface area contributed by atoms with E-state index < -0.39 is 0 Å². The summed E-state index contributed by atoms with van der Waals surface area (Å²) in [5.41, 5.74) is 3.22. The number of imidazole rings is 1. The van der Waals surface area contributed by atoms with Crippen LogP contribution in [-0.4, -0.2) is 15.9 Å². The van der Waals surface area contributed by atoms with Gasteiger partial charge in [-0.15, -0.1) is 0 Å². The van der Waals surface area contributed by atoms with E-state index in [1.54, 1.807) is 12.4 Å². The van der Waals surface area contributed by atoms with Crippen LogP contribution in [0.15, 0.2) is 48.8 Å². The molecule has 2 N–H and O–H groups in total. The molecule has 1 aliphatic carbocycles. The molecule has 0 aliphatic heterocycles. The molecule has 5 heteroatoms. The number of rotatable bonds is 3.